The molecule has 2 N–H and O–H groups in total. The third-order valence-corrected chi connectivity index (χ3v) is 4.32. The van der Waals surface area contributed by atoms with Crippen molar-refractivity contribution in [1.82, 2.24) is 15.6 Å². The number of pyridine rings is 1. The van der Waals surface area contributed by atoms with Gasteiger partial charge in [-0.25, -0.2) is 0 Å². The van der Waals surface area contributed by atoms with Gasteiger partial charge in [0.05, 0.1) is 6.04 Å². The van der Waals surface area contributed by atoms with E-state index in [1.54, 1.807) is 24.5 Å². The van der Waals surface area contributed by atoms with Gasteiger partial charge in [-0.2, -0.15) is 0 Å². The smallest absolute Gasteiger partial charge is 0.252 e. The zero-order valence-electron chi connectivity index (χ0n) is 15.3. The van der Waals surface area contributed by atoms with Gasteiger partial charge < -0.3 is 10.6 Å². The fourth-order valence-electron chi connectivity index (χ4n) is 2.81. The van der Waals surface area contributed by atoms with Crippen LogP contribution >= 0.6 is 0 Å². The van der Waals surface area contributed by atoms with Gasteiger partial charge in [0.1, 0.15) is 0 Å². The van der Waals surface area contributed by atoms with Crippen LogP contribution in [0.5, 0.6) is 0 Å². The number of rotatable bonds is 7. The molecule has 2 aromatic carbocycles. The Morgan fingerprint density at radius 3 is 2.21 bits per heavy atom. The Morgan fingerprint density at radius 1 is 0.929 bits per heavy atom. The Morgan fingerprint density at radius 2 is 1.57 bits per heavy atom. The summed E-state index contributed by atoms with van der Waals surface area (Å²) < 4.78 is 0. The molecule has 0 aliphatic carbocycles. The number of benzene rings is 2. The predicted octanol–water partition coefficient (Wildman–Crippen LogP) is 3.40. The van der Waals surface area contributed by atoms with E-state index in [4.69, 9.17) is 0 Å². The average molecular weight is 371 g/mol. The number of hydrogen-bond donors (Lipinski definition) is 2. The van der Waals surface area contributed by atoms with Gasteiger partial charge in [0.15, 0.2) is 0 Å². The van der Waals surface area contributed by atoms with Gasteiger partial charge in [-0.1, -0.05) is 49.0 Å². The molecule has 5 nitrogen and oxygen atoms in total. The topological polar surface area (TPSA) is 71.1 Å². The van der Waals surface area contributed by atoms with Crippen molar-refractivity contribution in [3.05, 3.63) is 114 Å². The van der Waals surface area contributed by atoms with Gasteiger partial charge in [0, 0.05) is 24.5 Å². The third kappa shape index (κ3) is 4.92. The number of nitrogens with zero attached hydrogens (tertiary/aromatic N) is 1. The van der Waals surface area contributed by atoms with Gasteiger partial charge in [-0.15, -0.1) is 0 Å². The van der Waals surface area contributed by atoms with Crippen LogP contribution in [0, 0.1) is 0 Å². The van der Waals surface area contributed by atoms with Crippen molar-refractivity contribution in [1.29, 1.82) is 0 Å². The summed E-state index contributed by atoms with van der Waals surface area (Å²) in [5.74, 6) is -0.405. The lowest BCUT2D eigenvalue weighted by atomic mass is 9.99. The molecule has 1 unspecified atom stereocenters. The standard InChI is InChI=1S/C23H21N3O2/c1-2-21(27)25-16-17-8-10-20(11-9-17)23(28)26-22(18-6-4-3-5-7-18)19-12-14-24-15-13-19/h2-15,22H,1,16H2,(H,25,27)(H,26,28). The summed E-state index contributed by atoms with van der Waals surface area (Å²) in [5, 5.41) is 5.80. The SMILES string of the molecule is C=CC(=O)NCc1ccc(C(=O)NC(c2ccccc2)c2ccncc2)cc1. The summed E-state index contributed by atoms with van der Waals surface area (Å²) in [5.41, 5.74) is 3.40. The fraction of sp³-hybridized carbons (Fsp3) is 0.0870. The Bertz CT molecular complexity index is 899. The molecule has 0 aliphatic rings. The second-order valence-electron chi connectivity index (χ2n) is 6.22. The normalized spacial score (nSPS) is 11.3. The summed E-state index contributed by atoms with van der Waals surface area (Å²) in [6.45, 7) is 3.80. The maximum absolute atomic E-state index is 12.8. The van der Waals surface area contributed by atoms with Crippen LogP contribution in [0.3, 0.4) is 0 Å². The van der Waals surface area contributed by atoms with Gasteiger partial charge in [0.2, 0.25) is 5.91 Å². The van der Waals surface area contributed by atoms with Crippen LogP contribution < -0.4 is 10.6 Å². The van der Waals surface area contributed by atoms with Crippen molar-refractivity contribution in [2.75, 3.05) is 0 Å². The molecule has 5 heteroatoms. The third-order valence-electron chi connectivity index (χ3n) is 4.32. The molecule has 0 saturated carbocycles. The Hall–Kier alpha value is -3.73. The van der Waals surface area contributed by atoms with Crippen LogP contribution in [-0.2, 0) is 11.3 Å². The maximum Gasteiger partial charge on any atom is 0.252 e. The van der Waals surface area contributed by atoms with Gasteiger partial charge >= 0.3 is 0 Å². The van der Waals surface area contributed by atoms with Gasteiger partial charge in [-0.3, -0.25) is 14.6 Å². The van der Waals surface area contributed by atoms with E-state index >= 15 is 0 Å². The molecule has 0 spiro atoms. The van der Waals surface area contributed by atoms with Crippen molar-refractivity contribution >= 4 is 11.8 Å². The van der Waals surface area contributed by atoms with Gasteiger partial charge in [-0.05, 0) is 47.0 Å². The monoisotopic (exact) mass is 371 g/mol. The highest BCUT2D eigenvalue weighted by Crippen LogP contribution is 2.22. The maximum atomic E-state index is 12.8. The van der Waals surface area contributed by atoms with Crippen LogP contribution in [-0.4, -0.2) is 16.8 Å². The van der Waals surface area contributed by atoms with Crippen molar-refractivity contribution in [2.45, 2.75) is 12.6 Å². The molecule has 0 aliphatic heterocycles. The molecule has 0 saturated heterocycles. The van der Waals surface area contributed by atoms with Crippen molar-refractivity contribution in [3.8, 4) is 0 Å². The van der Waals surface area contributed by atoms with E-state index in [0.717, 1.165) is 16.7 Å². The molecule has 1 heterocycles. The molecule has 1 atom stereocenters. The van der Waals surface area contributed by atoms with E-state index in [9.17, 15) is 9.59 Å². The molecule has 0 bridgehead atoms. The van der Waals surface area contributed by atoms with Crippen LogP contribution in [0.15, 0.2) is 91.8 Å². The minimum Gasteiger partial charge on any atom is -0.348 e. The number of hydrogen-bond acceptors (Lipinski definition) is 3. The molecule has 0 fully saturated rings. The predicted molar refractivity (Wildman–Crippen MR) is 108 cm³/mol. The highest BCUT2D eigenvalue weighted by Gasteiger charge is 2.17. The molecular formula is C23H21N3O2. The molecule has 3 rings (SSSR count). The zero-order chi connectivity index (χ0) is 19.8. The van der Waals surface area contributed by atoms with E-state index in [1.165, 1.54) is 6.08 Å². The molecule has 2 amide bonds. The Labute approximate surface area is 164 Å². The minimum atomic E-state index is -0.275. The quantitative estimate of drug-likeness (QED) is 0.625. The van der Waals surface area contributed by atoms with Crippen LogP contribution in [0.4, 0.5) is 0 Å². The largest absolute Gasteiger partial charge is 0.348 e. The molecule has 1 aromatic heterocycles. The average Bonchev–Trinajstić information content (AvgIpc) is 2.77. The Kier molecular flexibility index (Phi) is 6.31. The fourth-order valence-corrected chi connectivity index (χ4v) is 2.81. The molecular weight excluding hydrogens is 350 g/mol. The summed E-state index contributed by atoms with van der Waals surface area (Å²) >= 11 is 0. The Balaban J connectivity index is 1.75. The molecule has 0 radical (unpaired) electrons. The number of amides is 2. The summed E-state index contributed by atoms with van der Waals surface area (Å²) in [7, 11) is 0. The van der Waals surface area contributed by atoms with E-state index in [-0.39, 0.29) is 17.9 Å². The highest BCUT2D eigenvalue weighted by atomic mass is 16.2. The van der Waals surface area contributed by atoms with Crippen LogP contribution in [0.1, 0.15) is 33.1 Å². The summed E-state index contributed by atoms with van der Waals surface area (Å²) in [6, 6.07) is 20.5. The molecule has 140 valence electrons. The number of carbonyl (C=O) groups excluding carboxylic acids is 2. The van der Waals surface area contributed by atoms with Crippen molar-refractivity contribution < 1.29 is 9.59 Å². The van der Waals surface area contributed by atoms with Gasteiger partial charge in [0.25, 0.3) is 5.91 Å². The summed E-state index contributed by atoms with van der Waals surface area (Å²) in [4.78, 5) is 28.1. The first-order chi connectivity index (χ1) is 13.7. The second-order valence-corrected chi connectivity index (χ2v) is 6.22. The van der Waals surface area contributed by atoms with Crippen LogP contribution in [0.2, 0.25) is 0 Å². The number of carbonyl (C=O) groups is 2. The second kappa shape index (κ2) is 9.28. The molecule has 3 aromatic rings. The van der Waals surface area contributed by atoms with Crippen molar-refractivity contribution in [2.24, 2.45) is 0 Å². The van der Waals surface area contributed by atoms with Crippen molar-refractivity contribution in [3.63, 3.8) is 0 Å². The minimum absolute atomic E-state index is 0.174. The lowest BCUT2D eigenvalue weighted by molar-refractivity contribution is -0.116. The van der Waals surface area contributed by atoms with E-state index in [1.807, 2.05) is 54.6 Å². The lowest BCUT2D eigenvalue weighted by Crippen LogP contribution is -2.29. The molecule has 28 heavy (non-hydrogen) atoms. The highest BCUT2D eigenvalue weighted by molar-refractivity contribution is 5.94. The number of aromatic nitrogens is 1. The first kappa shape index (κ1) is 19.0. The van der Waals surface area contributed by atoms with Crippen LogP contribution in [0.25, 0.3) is 0 Å². The first-order valence-corrected chi connectivity index (χ1v) is 8.92. The van der Waals surface area contributed by atoms with E-state index in [2.05, 4.69) is 22.2 Å². The summed E-state index contributed by atoms with van der Waals surface area (Å²) in [6.07, 6.45) is 4.65. The number of nitrogens with one attached hydrogen (secondary N) is 2. The van der Waals surface area contributed by atoms with E-state index in [0.29, 0.717) is 12.1 Å². The zero-order valence-corrected chi connectivity index (χ0v) is 15.3. The lowest BCUT2D eigenvalue weighted by Gasteiger charge is -2.20. The first-order valence-electron chi connectivity index (χ1n) is 8.92. The van der Waals surface area contributed by atoms with E-state index < -0.39 is 0 Å².